The van der Waals surface area contributed by atoms with Crippen LogP contribution < -0.4 is 5.06 Å². The molecule has 1 N–H and O–H groups in total. The van der Waals surface area contributed by atoms with Crippen LogP contribution in [0.25, 0.3) is 0 Å². The zero-order valence-corrected chi connectivity index (χ0v) is 11.4. The molecular formula is C14H12BrNO2. The van der Waals surface area contributed by atoms with Crippen LogP contribution in [-0.4, -0.2) is 11.0 Å². The van der Waals surface area contributed by atoms with Gasteiger partial charge in [-0.3, -0.25) is 10.0 Å². The van der Waals surface area contributed by atoms with E-state index in [-0.39, 0.29) is 5.78 Å². The van der Waals surface area contributed by atoms with Gasteiger partial charge in [0, 0.05) is 16.3 Å². The van der Waals surface area contributed by atoms with Crippen LogP contribution >= 0.6 is 15.9 Å². The summed E-state index contributed by atoms with van der Waals surface area (Å²) in [6.45, 7) is 1.89. The van der Waals surface area contributed by atoms with E-state index in [1.165, 1.54) is 12.3 Å². The van der Waals surface area contributed by atoms with Crippen LogP contribution in [0.4, 0.5) is 5.69 Å². The lowest BCUT2D eigenvalue weighted by Crippen LogP contribution is -2.14. The molecule has 1 aliphatic carbocycles. The number of halogens is 1. The number of anilines is 1. The highest BCUT2D eigenvalue weighted by molar-refractivity contribution is 9.11. The Balaban J connectivity index is 2.31. The van der Waals surface area contributed by atoms with Gasteiger partial charge in [0.1, 0.15) is 0 Å². The minimum atomic E-state index is -0.133. The molecule has 0 unspecified atom stereocenters. The molecule has 1 aliphatic rings. The second-order valence-electron chi connectivity index (χ2n) is 3.94. The van der Waals surface area contributed by atoms with Gasteiger partial charge in [-0.15, -0.1) is 0 Å². The first-order valence-electron chi connectivity index (χ1n) is 5.43. The number of rotatable bonds is 2. The molecule has 0 radical (unpaired) electrons. The minimum Gasteiger partial charge on any atom is -0.289 e. The van der Waals surface area contributed by atoms with Gasteiger partial charge in [-0.05, 0) is 36.8 Å². The molecule has 0 aromatic heterocycles. The van der Waals surface area contributed by atoms with E-state index in [0.717, 1.165) is 15.1 Å². The molecule has 1 aromatic carbocycles. The summed E-state index contributed by atoms with van der Waals surface area (Å²) in [7, 11) is 0. The summed E-state index contributed by atoms with van der Waals surface area (Å²) in [6, 6.07) is 7.41. The van der Waals surface area contributed by atoms with Crippen molar-refractivity contribution in [3.63, 3.8) is 0 Å². The number of aryl methyl sites for hydroxylation is 1. The number of ketones is 1. The Hall–Kier alpha value is -1.65. The van der Waals surface area contributed by atoms with Crippen LogP contribution in [0.5, 0.6) is 0 Å². The maximum Gasteiger partial charge on any atom is 0.187 e. The smallest absolute Gasteiger partial charge is 0.187 e. The maximum atomic E-state index is 11.6. The van der Waals surface area contributed by atoms with Crippen LogP contribution in [-0.2, 0) is 4.79 Å². The number of carbonyl (C=O) groups excluding carboxylic acids is 1. The van der Waals surface area contributed by atoms with Crippen molar-refractivity contribution in [2.24, 2.45) is 0 Å². The summed E-state index contributed by atoms with van der Waals surface area (Å²) >= 11 is 3.30. The van der Waals surface area contributed by atoms with E-state index in [9.17, 15) is 10.0 Å². The van der Waals surface area contributed by atoms with Crippen molar-refractivity contribution in [1.29, 1.82) is 0 Å². The van der Waals surface area contributed by atoms with E-state index in [0.29, 0.717) is 11.3 Å². The number of nitrogens with zero attached hydrogens (tertiary/aromatic N) is 1. The van der Waals surface area contributed by atoms with Gasteiger partial charge < -0.3 is 0 Å². The van der Waals surface area contributed by atoms with Gasteiger partial charge in [-0.1, -0.05) is 34.1 Å². The first-order valence-corrected chi connectivity index (χ1v) is 6.22. The fourth-order valence-corrected chi connectivity index (χ4v) is 2.02. The number of para-hydroxylation sites is 1. The molecule has 4 heteroatoms. The summed E-state index contributed by atoms with van der Waals surface area (Å²) in [5.41, 5.74) is 2.01. The lowest BCUT2D eigenvalue weighted by Gasteiger charge is -2.16. The Morgan fingerprint density at radius 1 is 1.28 bits per heavy atom. The average molecular weight is 306 g/mol. The Morgan fingerprint density at radius 3 is 2.72 bits per heavy atom. The van der Waals surface area contributed by atoms with Gasteiger partial charge in [0.25, 0.3) is 0 Å². The zero-order chi connectivity index (χ0) is 13.1. The molecule has 0 heterocycles. The molecule has 3 nitrogen and oxygen atoms in total. The van der Waals surface area contributed by atoms with Crippen LogP contribution in [0.3, 0.4) is 0 Å². The van der Waals surface area contributed by atoms with E-state index in [2.05, 4.69) is 15.9 Å². The molecule has 0 amide bonds. The van der Waals surface area contributed by atoms with Crippen LogP contribution in [0.15, 0.2) is 58.7 Å². The molecule has 0 spiro atoms. The standard InChI is InChI=1S/C14H12BrNO2/c1-10-4-2-3-5-13(10)16(18)9-11-8-12(15)6-7-14(11)17/h2-9,18H,1H3/b11-9+. The van der Waals surface area contributed by atoms with E-state index in [4.69, 9.17) is 0 Å². The summed E-state index contributed by atoms with van der Waals surface area (Å²) in [5.74, 6) is -0.133. The predicted octanol–water partition coefficient (Wildman–Crippen LogP) is 3.49. The quantitative estimate of drug-likeness (QED) is 0.671. The summed E-state index contributed by atoms with van der Waals surface area (Å²) in [6.07, 6.45) is 6.22. The van der Waals surface area contributed by atoms with Crippen molar-refractivity contribution in [1.82, 2.24) is 0 Å². The van der Waals surface area contributed by atoms with Crippen LogP contribution in [0.2, 0.25) is 0 Å². The Kier molecular flexibility index (Phi) is 3.79. The molecule has 0 saturated carbocycles. The van der Waals surface area contributed by atoms with Crippen LogP contribution in [0, 0.1) is 6.92 Å². The lowest BCUT2D eigenvalue weighted by atomic mass is 10.1. The monoisotopic (exact) mass is 305 g/mol. The van der Waals surface area contributed by atoms with Crippen molar-refractivity contribution in [3.05, 3.63) is 64.3 Å². The largest absolute Gasteiger partial charge is 0.289 e. The molecule has 18 heavy (non-hydrogen) atoms. The SMILES string of the molecule is Cc1ccccc1N(O)/C=C1\C=C(Br)C=CC1=O. The van der Waals surface area contributed by atoms with Crippen LogP contribution in [0.1, 0.15) is 5.56 Å². The van der Waals surface area contributed by atoms with E-state index in [1.807, 2.05) is 25.1 Å². The van der Waals surface area contributed by atoms with Gasteiger partial charge in [0.15, 0.2) is 5.78 Å². The molecule has 92 valence electrons. The topological polar surface area (TPSA) is 40.5 Å². The third-order valence-corrected chi connectivity index (χ3v) is 3.09. The number of benzene rings is 1. The Bertz CT molecular complexity index is 573. The van der Waals surface area contributed by atoms with Crippen molar-refractivity contribution >= 4 is 27.4 Å². The van der Waals surface area contributed by atoms with Gasteiger partial charge in [-0.2, -0.15) is 0 Å². The average Bonchev–Trinajstić information content (AvgIpc) is 2.34. The first-order chi connectivity index (χ1) is 8.58. The normalized spacial score (nSPS) is 16.9. The summed E-state index contributed by atoms with van der Waals surface area (Å²) in [5, 5.41) is 11.0. The number of allylic oxidation sites excluding steroid dienone is 5. The highest BCUT2D eigenvalue weighted by Gasteiger charge is 2.11. The van der Waals surface area contributed by atoms with Gasteiger partial charge in [0.2, 0.25) is 0 Å². The van der Waals surface area contributed by atoms with Crippen molar-refractivity contribution < 1.29 is 10.0 Å². The number of hydroxylamine groups is 1. The van der Waals surface area contributed by atoms with Crippen molar-refractivity contribution in [2.45, 2.75) is 6.92 Å². The summed E-state index contributed by atoms with van der Waals surface area (Å²) in [4.78, 5) is 11.6. The minimum absolute atomic E-state index is 0.133. The molecule has 0 aliphatic heterocycles. The lowest BCUT2D eigenvalue weighted by molar-refractivity contribution is -0.111. The summed E-state index contributed by atoms with van der Waals surface area (Å²) < 4.78 is 0.798. The molecule has 0 atom stereocenters. The van der Waals surface area contributed by atoms with Crippen molar-refractivity contribution in [2.75, 3.05) is 5.06 Å². The van der Waals surface area contributed by atoms with Gasteiger partial charge in [-0.25, -0.2) is 5.06 Å². The third-order valence-electron chi connectivity index (χ3n) is 2.60. The zero-order valence-electron chi connectivity index (χ0n) is 9.80. The maximum absolute atomic E-state index is 11.6. The third kappa shape index (κ3) is 2.78. The fraction of sp³-hybridized carbons (Fsp3) is 0.0714. The van der Waals surface area contributed by atoms with E-state index in [1.54, 1.807) is 18.2 Å². The predicted molar refractivity (Wildman–Crippen MR) is 74.7 cm³/mol. The number of hydrogen-bond acceptors (Lipinski definition) is 3. The highest BCUT2D eigenvalue weighted by Crippen LogP contribution is 2.22. The van der Waals surface area contributed by atoms with E-state index < -0.39 is 0 Å². The van der Waals surface area contributed by atoms with Crippen molar-refractivity contribution in [3.8, 4) is 0 Å². The van der Waals surface area contributed by atoms with Gasteiger partial charge in [0.05, 0.1) is 5.69 Å². The fourth-order valence-electron chi connectivity index (χ4n) is 1.64. The Labute approximate surface area is 114 Å². The molecule has 0 saturated heterocycles. The second-order valence-corrected chi connectivity index (χ2v) is 4.86. The Morgan fingerprint density at radius 2 is 2.00 bits per heavy atom. The molecule has 0 fully saturated rings. The first kappa shape index (κ1) is 12.8. The van der Waals surface area contributed by atoms with Gasteiger partial charge >= 0.3 is 0 Å². The molecular weight excluding hydrogens is 294 g/mol. The number of hydrogen-bond donors (Lipinski definition) is 1. The van der Waals surface area contributed by atoms with E-state index >= 15 is 0 Å². The highest BCUT2D eigenvalue weighted by atomic mass is 79.9. The number of carbonyl (C=O) groups is 1. The molecule has 2 rings (SSSR count). The molecule has 0 bridgehead atoms. The molecule has 1 aromatic rings. The second kappa shape index (κ2) is 5.33.